The molecule has 8 heteroatoms. The van der Waals surface area contributed by atoms with Crippen molar-refractivity contribution in [3.8, 4) is 0 Å². The summed E-state index contributed by atoms with van der Waals surface area (Å²) in [5.74, 6) is -0.926. The van der Waals surface area contributed by atoms with E-state index in [1.807, 2.05) is 0 Å². The Morgan fingerprint density at radius 2 is 1.92 bits per heavy atom. The van der Waals surface area contributed by atoms with Gasteiger partial charge in [-0.2, -0.15) is 4.31 Å². The van der Waals surface area contributed by atoms with Crippen molar-refractivity contribution in [2.24, 2.45) is 0 Å². The van der Waals surface area contributed by atoms with E-state index in [0.717, 1.165) is 0 Å². The lowest BCUT2D eigenvalue weighted by molar-refractivity contribution is 0.00857. The molecule has 25 heavy (non-hydrogen) atoms. The Balaban J connectivity index is 2.04. The Bertz CT molecular complexity index is 730. The second kappa shape index (κ2) is 7.29. The van der Waals surface area contributed by atoms with Crippen molar-refractivity contribution in [2.75, 3.05) is 19.6 Å². The quantitative estimate of drug-likeness (QED) is 0.818. The summed E-state index contributed by atoms with van der Waals surface area (Å²) in [5, 5.41) is 0. The van der Waals surface area contributed by atoms with Crippen molar-refractivity contribution < 1.29 is 22.3 Å². The molecule has 1 atom stereocenters. The van der Waals surface area contributed by atoms with E-state index in [1.54, 1.807) is 33.8 Å². The second-order valence-corrected chi connectivity index (χ2v) is 9.20. The van der Waals surface area contributed by atoms with Crippen LogP contribution in [0.2, 0.25) is 0 Å². The summed E-state index contributed by atoms with van der Waals surface area (Å²) < 4.78 is 45.6. The highest BCUT2D eigenvalue weighted by molar-refractivity contribution is 7.88. The zero-order chi connectivity index (χ0) is 18.8. The number of rotatable bonds is 3. The molecule has 0 aromatic heterocycles. The van der Waals surface area contributed by atoms with Crippen LogP contribution in [-0.2, 0) is 20.5 Å². The standard InChI is InChI=1S/C17H25FN2O4S/c1-13-11-19(9-10-20(13)16(21)24-17(2,3)4)25(22,23)12-14-7-5-6-8-15(14)18/h5-8,13H,9-12H2,1-4H3/t13-/m0/s1. The second-order valence-electron chi connectivity index (χ2n) is 7.23. The van der Waals surface area contributed by atoms with Crippen LogP contribution in [0, 0.1) is 5.82 Å². The molecular formula is C17H25FN2O4S. The Morgan fingerprint density at radius 3 is 2.48 bits per heavy atom. The van der Waals surface area contributed by atoms with Gasteiger partial charge < -0.3 is 9.64 Å². The number of hydrogen-bond donors (Lipinski definition) is 0. The van der Waals surface area contributed by atoms with Crippen LogP contribution in [0.5, 0.6) is 0 Å². The first-order chi connectivity index (χ1) is 11.5. The Hall–Kier alpha value is -1.67. The number of benzene rings is 1. The van der Waals surface area contributed by atoms with Crippen molar-refractivity contribution in [3.05, 3.63) is 35.6 Å². The highest BCUT2D eigenvalue weighted by Gasteiger charge is 2.35. The SMILES string of the molecule is C[C@H]1CN(S(=O)(=O)Cc2ccccc2F)CCN1C(=O)OC(C)(C)C. The van der Waals surface area contributed by atoms with Gasteiger partial charge in [0.15, 0.2) is 0 Å². The normalized spacial score (nSPS) is 19.7. The predicted octanol–water partition coefficient (Wildman–Crippen LogP) is 2.60. The molecule has 6 nitrogen and oxygen atoms in total. The van der Waals surface area contributed by atoms with Gasteiger partial charge in [0.25, 0.3) is 0 Å². The van der Waals surface area contributed by atoms with Gasteiger partial charge in [0.05, 0.1) is 5.75 Å². The zero-order valence-electron chi connectivity index (χ0n) is 15.0. The first-order valence-electron chi connectivity index (χ1n) is 8.20. The average molecular weight is 372 g/mol. The Labute approximate surface area is 148 Å². The van der Waals surface area contributed by atoms with Gasteiger partial charge >= 0.3 is 6.09 Å². The lowest BCUT2D eigenvalue weighted by Crippen LogP contribution is -2.56. The third kappa shape index (κ3) is 5.15. The molecule has 1 heterocycles. The maximum atomic E-state index is 13.7. The number of amides is 1. The van der Waals surface area contributed by atoms with E-state index in [-0.39, 0.29) is 31.2 Å². The van der Waals surface area contributed by atoms with Crippen molar-refractivity contribution in [2.45, 2.75) is 45.1 Å². The maximum Gasteiger partial charge on any atom is 0.410 e. The molecule has 0 saturated carbocycles. The molecule has 0 unspecified atom stereocenters. The highest BCUT2D eigenvalue weighted by atomic mass is 32.2. The third-order valence-corrected chi connectivity index (χ3v) is 5.70. The lowest BCUT2D eigenvalue weighted by Gasteiger charge is -2.39. The predicted molar refractivity (Wildman–Crippen MR) is 93.0 cm³/mol. The minimum atomic E-state index is -3.66. The van der Waals surface area contributed by atoms with Crippen LogP contribution in [0.1, 0.15) is 33.3 Å². The van der Waals surface area contributed by atoms with E-state index >= 15 is 0 Å². The van der Waals surface area contributed by atoms with Gasteiger partial charge in [0.1, 0.15) is 11.4 Å². The van der Waals surface area contributed by atoms with Gasteiger partial charge in [0.2, 0.25) is 10.0 Å². The third-order valence-electron chi connectivity index (χ3n) is 3.91. The van der Waals surface area contributed by atoms with Crippen molar-refractivity contribution in [3.63, 3.8) is 0 Å². The fraction of sp³-hybridized carbons (Fsp3) is 0.588. The molecule has 1 saturated heterocycles. The number of ether oxygens (including phenoxy) is 1. The zero-order valence-corrected chi connectivity index (χ0v) is 15.8. The van der Waals surface area contributed by atoms with E-state index in [0.29, 0.717) is 0 Å². The molecule has 1 amide bonds. The summed E-state index contributed by atoms with van der Waals surface area (Å²) in [4.78, 5) is 13.7. The van der Waals surface area contributed by atoms with Crippen LogP contribution in [0.15, 0.2) is 24.3 Å². The monoisotopic (exact) mass is 372 g/mol. The van der Waals surface area contributed by atoms with Crippen LogP contribution in [-0.4, -0.2) is 55.0 Å². The first kappa shape index (κ1) is 19.7. The lowest BCUT2D eigenvalue weighted by atomic mass is 10.2. The number of hydrogen-bond acceptors (Lipinski definition) is 4. The number of carbonyl (C=O) groups is 1. The van der Waals surface area contributed by atoms with Crippen LogP contribution in [0.25, 0.3) is 0 Å². The molecule has 1 aliphatic heterocycles. The number of carbonyl (C=O) groups excluding carboxylic acids is 1. The largest absolute Gasteiger partial charge is 0.444 e. The molecule has 0 bridgehead atoms. The van der Waals surface area contributed by atoms with Crippen molar-refractivity contribution >= 4 is 16.1 Å². The van der Waals surface area contributed by atoms with Gasteiger partial charge in [-0.1, -0.05) is 18.2 Å². The molecule has 2 rings (SSSR count). The van der Waals surface area contributed by atoms with E-state index in [2.05, 4.69) is 0 Å². The molecule has 0 spiro atoms. The van der Waals surface area contributed by atoms with Gasteiger partial charge in [-0.3, -0.25) is 0 Å². The molecule has 0 N–H and O–H groups in total. The molecule has 1 aliphatic rings. The smallest absolute Gasteiger partial charge is 0.410 e. The number of halogens is 1. The first-order valence-corrected chi connectivity index (χ1v) is 9.81. The van der Waals surface area contributed by atoms with Crippen molar-refractivity contribution in [1.82, 2.24) is 9.21 Å². The van der Waals surface area contributed by atoms with E-state index in [4.69, 9.17) is 4.74 Å². The van der Waals surface area contributed by atoms with Crippen LogP contribution >= 0.6 is 0 Å². The fourth-order valence-corrected chi connectivity index (χ4v) is 4.28. The fourth-order valence-electron chi connectivity index (χ4n) is 2.67. The van der Waals surface area contributed by atoms with Gasteiger partial charge in [0, 0.05) is 31.2 Å². The summed E-state index contributed by atoms with van der Waals surface area (Å²) >= 11 is 0. The number of nitrogens with zero attached hydrogens (tertiary/aromatic N) is 2. The molecule has 1 fully saturated rings. The maximum absolute atomic E-state index is 13.7. The molecule has 1 aromatic carbocycles. The average Bonchev–Trinajstić information content (AvgIpc) is 2.47. The van der Waals surface area contributed by atoms with E-state index in [1.165, 1.54) is 27.4 Å². The summed E-state index contributed by atoms with van der Waals surface area (Å²) in [6.45, 7) is 7.69. The summed E-state index contributed by atoms with van der Waals surface area (Å²) in [6, 6.07) is 5.52. The van der Waals surface area contributed by atoms with E-state index < -0.39 is 33.3 Å². The van der Waals surface area contributed by atoms with Gasteiger partial charge in [-0.25, -0.2) is 17.6 Å². The summed E-state index contributed by atoms with van der Waals surface area (Å²) in [7, 11) is -3.66. The van der Waals surface area contributed by atoms with Crippen LogP contribution < -0.4 is 0 Å². The van der Waals surface area contributed by atoms with Crippen LogP contribution in [0.4, 0.5) is 9.18 Å². The Morgan fingerprint density at radius 1 is 1.28 bits per heavy atom. The minimum absolute atomic E-state index is 0.143. The molecule has 0 aliphatic carbocycles. The highest BCUT2D eigenvalue weighted by Crippen LogP contribution is 2.20. The summed E-state index contributed by atoms with van der Waals surface area (Å²) in [5.41, 5.74) is -0.463. The molecule has 1 aromatic rings. The minimum Gasteiger partial charge on any atom is -0.444 e. The molecule has 0 radical (unpaired) electrons. The van der Waals surface area contributed by atoms with Gasteiger partial charge in [-0.05, 0) is 33.8 Å². The summed E-state index contributed by atoms with van der Waals surface area (Å²) in [6.07, 6.45) is -0.453. The topological polar surface area (TPSA) is 66.9 Å². The molecule has 140 valence electrons. The Kier molecular flexibility index (Phi) is 5.73. The van der Waals surface area contributed by atoms with Crippen LogP contribution in [0.3, 0.4) is 0 Å². The molecular weight excluding hydrogens is 347 g/mol. The number of piperazine rings is 1. The number of sulfonamides is 1. The van der Waals surface area contributed by atoms with Gasteiger partial charge in [-0.15, -0.1) is 0 Å². The van der Waals surface area contributed by atoms with E-state index in [9.17, 15) is 17.6 Å². The van der Waals surface area contributed by atoms with Crippen molar-refractivity contribution in [1.29, 1.82) is 0 Å².